The van der Waals surface area contributed by atoms with Crippen molar-refractivity contribution < 1.29 is 4.74 Å². The second kappa shape index (κ2) is 4.28. The summed E-state index contributed by atoms with van der Waals surface area (Å²) >= 11 is 0. The Balaban J connectivity index is 2.41. The summed E-state index contributed by atoms with van der Waals surface area (Å²) in [5.74, 6) is 1.19. The number of hydrogen-bond donors (Lipinski definition) is 1. The Morgan fingerprint density at radius 2 is 2.06 bits per heavy atom. The molecule has 0 radical (unpaired) electrons. The first-order chi connectivity index (χ1) is 7.74. The molecule has 0 aliphatic carbocycles. The Kier molecular flexibility index (Phi) is 2.82. The molecule has 2 heterocycles. The molecule has 6 nitrogen and oxygen atoms in total. The molecule has 2 N–H and O–H groups in total. The Bertz CT molecular complexity index is 467. The highest BCUT2D eigenvalue weighted by Gasteiger charge is 2.20. The van der Waals surface area contributed by atoms with Gasteiger partial charge in [0.2, 0.25) is 0 Å². The van der Waals surface area contributed by atoms with E-state index in [0.29, 0.717) is 11.6 Å². The summed E-state index contributed by atoms with van der Waals surface area (Å²) in [6.07, 6.45) is 4.94. The Labute approximate surface area is 93.1 Å². The third-order valence-corrected chi connectivity index (χ3v) is 2.33. The molecule has 0 amide bonds. The van der Waals surface area contributed by atoms with Crippen molar-refractivity contribution in [1.29, 1.82) is 0 Å². The van der Waals surface area contributed by atoms with Crippen LogP contribution in [-0.4, -0.2) is 26.9 Å². The molecule has 0 aliphatic heterocycles. The van der Waals surface area contributed by atoms with Gasteiger partial charge in [0, 0.05) is 19.4 Å². The maximum Gasteiger partial charge on any atom is 0.162 e. The molecular formula is C10H13N5O. The van der Waals surface area contributed by atoms with Gasteiger partial charge >= 0.3 is 0 Å². The van der Waals surface area contributed by atoms with Crippen molar-refractivity contribution in [2.75, 3.05) is 7.11 Å². The second-order valence-electron chi connectivity index (χ2n) is 3.31. The minimum atomic E-state index is -0.441. The quantitative estimate of drug-likeness (QED) is 0.801. The number of ether oxygens (including phenoxy) is 1. The molecule has 0 spiro atoms. The molecule has 0 fully saturated rings. The molecule has 1 atom stereocenters. The fourth-order valence-corrected chi connectivity index (χ4v) is 1.53. The van der Waals surface area contributed by atoms with E-state index in [-0.39, 0.29) is 0 Å². The zero-order valence-electron chi connectivity index (χ0n) is 9.16. The van der Waals surface area contributed by atoms with E-state index in [1.165, 1.54) is 0 Å². The SMILES string of the molecule is COc1cnn(C)c1C(N)c1ncccn1. The largest absolute Gasteiger partial charge is 0.493 e. The molecule has 0 aliphatic rings. The van der Waals surface area contributed by atoms with Crippen LogP contribution in [0, 0.1) is 0 Å². The zero-order valence-corrected chi connectivity index (χ0v) is 9.16. The average molecular weight is 219 g/mol. The molecule has 0 saturated carbocycles. The van der Waals surface area contributed by atoms with Crippen molar-refractivity contribution in [2.45, 2.75) is 6.04 Å². The number of rotatable bonds is 3. The van der Waals surface area contributed by atoms with Crippen LogP contribution in [0.15, 0.2) is 24.7 Å². The monoisotopic (exact) mass is 219 g/mol. The normalized spacial score (nSPS) is 12.4. The van der Waals surface area contributed by atoms with Crippen LogP contribution in [0.2, 0.25) is 0 Å². The highest BCUT2D eigenvalue weighted by Crippen LogP contribution is 2.25. The fourth-order valence-electron chi connectivity index (χ4n) is 1.53. The third-order valence-electron chi connectivity index (χ3n) is 2.33. The van der Waals surface area contributed by atoms with Crippen LogP contribution < -0.4 is 10.5 Å². The molecular weight excluding hydrogens is 206 g/mol. The molecule has 6 heteroatoms. The van der Waals surface area contributed by atoms with Gasteiger partial charge in [-0.15, -0.1) is 0 Å². The number of nitrogens with zero attached hydrogens (tertiary/aromatic N) is 4. The number of nitrogens with two attached hydrogens (primary N) is 1. The minimum absolute atomic E-state index is 0.441. The number of hydrogen-bond acceptors (Lipinski definition) is 5. The van der Waals surface area contributed by atoms with Gasteiger partial charge in [-0.1, -0.05) is 0 Å². The second-order valence-corrected chi connectivity index (χ2v) is 3.31. The van der Waals surface area contributed by atoms with E-state index in [0.717, 1.165) is 5.69 Å². The van der Waals surface area contributed by atoms with Crippen molar-refractivity contribution in [3.05, 3.63) is 36.2 Å². The molecule has 2 aromatic heterocycles. The van der Waals surface area contributed by atoms with Crippen molar-refractivity contribution in [3.8, 4) is 5.75 Å². The smallest absolute Gasteiger partial charge is 0.162 e. The van der Waals surface area contributed by atoms with Crippen molar-refractivity contribution in [2.24, 2.45) is 12.8 Å². The van der Waals surface area contributed by atoms with E-state index in [2.05, 4.69) is 15.1 Å². The van der Waals surface area contributed by atoms with E-state index >= 15 is 0 Å². The molecule has 0 aromatic carbocycles. The first-order valence-electron chi connectivity index (χ1n) is 4.82. The van der Waals surface area contributed by atoms with Crippen LogP contribution in [0.5, 0.6) is 5.75 Å². The standard InChI is InChI=1S/C10H13N5O/c1-15-9(7(16-2)6-14-15)8(11)10-12-4-3-5-13-10/h3-6,8H,11H2,1-2H3. The highest BCUT2D eigenvalue weighted by molar-refractivity contribution is 5.31. The lowest BCUT2D eigenvalue weighted by molar-refractivity contribution is 0.405. The number of aromatic nitrogens is 4. The van der Waals surface area contributed by atoms with E-state index in [1.54, 1.807) is 43.5 Å². The molecule has 84 valence electrons. The topological polar surface area (TPSA) is 78.9 Å². The van der Waals surface area contributed by atoms with Crippen LogP contribution >= 0.6 is 0 Å². The van der Waals surface area contributed by atoms with Gasteiger partial charge in [-0.3, -0.25) is 4.68 Å². The summed E-state index contributed by atoms with van der Waals surface area (Å²) in [5, 5.41) is 4.09. The van der Waals surface area contributed by atoms with Crippen molar-refractivity contribution >= 4 is 0 Å². The first kappa shape index (κ1) is 10.6. The molecule has 2 rings (SSSR count). The maximum atomic E-state index is 6.07. The Morgan fingerprint density at radius 3 is 2.69 bits per heavy atom. The van der Waals surface area contributed by atoms with Gasteiger partial charge < -0.3 is 10.5 Å². The lowest BCUT2D eigenvalue weighted by Crippen LogP contribution is -2.19. The van der Waals surface area contributed by atoms with Crippen molar-refractivity contribution in [3.63, 3.8) is 0 Å². The molecule has 0 saturated heterocycles. The minimum Gasteiger partial charge on any atom is -0.493 e. The van der Waals surface area contributed by atoms with E-state index in [9.17, 15) is 0 Å². The predicted octanol–water partition coefficient (Wildman–Crippen LogP) is 0.267. The van der Waals surface area contributed by atoms with E-state index in [1.807, 2.05) is 0 Å². The lowest BCUT2D eigenvalue weighted by atomic mass is 10.2. The van der Waals surface area contributed by atoms with Gasteiger partial charge in [-0.2, -0.15) is 5.10 Å². The zero-order chi connectivity index (χ0) is 11.5. The summed E-state index contributed by atoms with van der Waals surface area (Å²) in [6, 6.07) is 1.31. The predicted molar refractivity (Wildman–Crippen MR) is 57.8 cm³/mol. The van der Waals surface area contributed by atoms with Crippen LogP contribution in [0.1, 0.15) is 17.6 Å². The maximum absolute atomic E-state index is 6.07. The van der Waals surface area contributed by atoms with Gasteiger partial charge in [0.25, 0.3) is 0 Å². The number of aryl methyl sites for hydroxylation is 1. The Hall–Kier alpha value is -1.95. The third kappa shape index (κ3) is 1.74. The lowest BCUT2D eigenvalue weighted by Gasteiger charge is -2.12. The van der Waals surface area contributed by atoms with Gasteiger partial charge in [0.05, 0.1) is 13.3 Å². The van der Waals surface area contributed by atoms with Gasteiger partial charge in [0.1, 0.15) is 11.7 Å². The average Bonchev–Trinajstić information content (AvgIpc) is 2.70. The summed E-state index contributed by atoms with van der Waals surface area (Å²) in [5.41, 5.74) is 6.83. The van der Waals surface area contributed by atoms with Gasteiger partial charge in [-0.25, -0.2) is 9.97 Å². The van der Waals surface area contributed by atoms with Gasteiger partial charge in [-0.05, 0) is 6.07 Å². The highest BCUT2D eigenvalue weighted by atomic mass is 16.5. The molecule has 1 unspecified atom stereocenters. The number of methoxy groups -OCH3 is 1. The summed E-state index contributed by atoms with van der Waals surface area (Å²) in [4.78, 5) is 8.24. The Morgan fingerprint density at radius 1 is 1.38 bits per heavy atom. The summed E-state index contributed by atoms with van der Waals surface area (Å²) in [7, 11) is 3.39. The summed E-state index contributed by atoms with van der Waals surface area (Å²) in [6.45, 7) is 0. The van der Waals surface area contributed by atoms with E-state index < -0.39 is 6.04 Å². The molecule has 0 bridgehead atoms. The summed E-state index contributed by atoms with van der Waals surface area (Å²) < 4.78 is 6.86. The molecule has 16 heavy (non-hydrogen) atoms. The molecule has 2 aromatic rings. The van der Waals surface area contributed by atoms with Crippen LogP contribution in [-0.2, 0) is 7.05 Å². The van der Waals surface area contributed by atoms with Crippen molar-refractivity contribution in [1.82, 2.24) is 19.7 Å². The van der Waals surface area contributed by atoms with Crippen LogP contribution in [0.3, 0.4) is 0 Å². The first-order valence-corrected chi connectivity index (χ1v) is 4.82. The van der Waals surface area contributed by atoms with Crippen LogP contribution in [0.4, 0.5) is 0 Å². The van der Waals surface area contributed by atoms with Crippen LogP contribution in [0.25, 0.3) is 0 Å². The fraction of sp³-hybridized carbons (Fsp3) is 0.300. The van der Waals surface area contributed by atoms with Gasteiger partial charge in [0.15, 0.2) is 11.6 Å². The van der Waals surface area contributed by atoms with E-state index in [4.69, 9.17) is 10.5 Å².